The predicted octanol–water partition coefficient (Wildman–Crippen LogP) is 1.11. The van der Waals surface area contributed by atoms with Gasteiger partial charge in [-0.3, -0.25) is 10.4 Å². The highest BCUT2D eigenvalue weighted by Crippen LogP contribution is 2.08. The van der Waals surface area contributed by atoms with Gasteiger partial charge in [-0.25, -0.2) is 5.84 Å². The van der Waals surface area contributed by atoms with Crippen LogP contribution in [0.25, 0.3) is 0 Å². The summed E-state index contributed by atoms with van der Waals surface area (Å²) < 4.78 is 5.25. The molecular weight excluding hydrogens is 216 g/mol. The van der Waals surface area contributed by atoms with Gasteiger partial charge in [0.1, 0.15) is 0 Å². The van der Waals surface area contributed by atoms with Crippen molar-refractivity contribution in [3.63, 3.8) is 0 Å². The Labute approximate surface area is 105 Å². The third kappa shape index (κ3) is 8.94. The predicted molar refractivity (Wildman–Crippen MR) is 72.7 cm³/mol. The monoisotopic (exact) mass is 244 g/mol. The zero-order chi connectivity index (χ0) is 13.1. The molecule has 0 amide bonds. The second-order valence-electron chi connectivity index (χ2n) is 4.53. The van der Waals surface area contributed by atoms with Gasteiger partial charge in [0, 0.05) is 26.3 Å². The highest BCUT2D eigenvalue weighted by molar-refractivity contribution is 5.79. The number of nitrogens with zero attached hydrogens (tertiary/aromatic N) is 1. The minimum atomic E-state index is 0.559. The minimum Gasteiger partial charge on any atom is -0.382 e. The first-order chi connectivity index (χ1) is 8.11. The highest BCUT2D eigenvalue weighted by Gasteiger charge is 2.06. The lowest BCUT2D eigenvalue weighted by Crippen LogP contribution is -2.42. The van der Waals surface area contributed by atoms with Gasteiger partial charge < -0.3 is 10.1 Å². The number of nitrogens with one attached hydrogen (secondary N) is 2. The largest absolute Gasteiger partial charge is 0.382 e. The summed E-state index contributed by atoms with van der Waals surface area (Å²) in [5, 5.41) is 3.16. The molecule has 0 rings (SSSR count). The Hall–Kier alpha value is -0.810. The summed E-state index contributed by atoms with van der Waals surface area (Å²) >= 11 is 0. The number of nitrogens with two attached hydrogens (primary N) is 1. The average molecular weight is 244 g/mol. The number of hydrazine groups is 1. The summed E-state index contributed by atoms with van der Waals surface area (Å²) in [6.45, 7) is 11.7. The first kappa shape index (κ1) is 16.2. The third-order valence-electron chi connectivity index (χ3n) is 2.77. The minimum absolute atomic E-state index is 0.559. The van der Waals surface area contributed by atoms with Crippen LogP contribution in [0.4, 0.5) is 0 Å². The smallest absolute Gasteiger partial charge is 0.205 e. The summed E-state index contributed by atoms with van der Waals surface area (Å²) in [6, 6.07) is 0. The second kappa shape index (κ2) is 10.4. The molecule has 0 aliphatic carbocycles. The molecule has 4 N–H and O–H groups in total. The molecule has 0 aromatic heterocycles. The van der Waals surface area contributed by atoms with Crippen molar-refractivity contribution in [2.24, 2.45) is 22.7 Å². The molecular formula is C12H28N4O. The van der Waals surface area contributed by atoms with Crippen molar-refractivity contribution in [1.29, 1.82) is 0 Å². The standard InChI is InChI=1S/C12H28N4O/c1-5-17-8-6-7-14-12(16-13)15-9-11(4)10(2)3/h10-11H,5-9,13H2,1-4H3,(H2,14,15,16). The molecule has 0 spiro atoms. The van der Waals surface area contributed by atoms with Gasteiger partial charge in [0.2, 0.25) is 5.96 Å². The maximum Gasteiger partial charge on any atom is 0.205 e. The average Bonchev–Trinajstić information content (AvgIpc) is 2.32. The van der Waals surface area contributed by atoms with Crippen LogP contribution in [0.3, 0.4) is 0 Å². The molecule has 0 fully saturated rings. The Balaban J connectivity index is 3.77. The van der Waals surface area contributed by atoms with Crippen LogP contribution >= 0.6 is 0 Å². The maximum absolute atomic E-state index is 5.40. The molecule has 0 aliphatic heterocycles. The lowest BCUT2D eigenvalue weighted by molar-refractivity contribution is 0.145. The Bertz CT molecular complexity index is 207. The quantitative estimate of drug-likeness (QED) is 0.197. The lowest BCUT2D eigenvalue weighted by Gasteiger charge is -2.14. The number of rotatable bonds is 8. The van der Waals surface area contributed by atoms with E-state index in [0.717, 1.165) is 32.7 Å². The summed E-state index contributed by atoms with van der Waals surface area (Å²) in [5.41, 5.74) is 2.59. The van der Waals surface area contributed by atoms with Crippen LogP contribution in [-0.4, -0.2) is 32.3 Å². The van der Waals surface area contributed by atoms with Gasteiger partial charge in [0.05, 0.1) is 0 Å². The van der Waals surface area contributed by atoms with E-state index in [9.17, 15) is 0 Å². The molecule has 1 unspecified atom stereocenters. The van der Waals surface area contributed by atoms with E-state index < -0.39 is 0 Å². The van der Waals surface area contributed by atoms with Crippen molar-refractivity contribution >= 4 is 5.96 Å². The van der Waals surface area contributed by atoms with Crippen LogP contribution < -0.4 is 16.6 Å². The molecule has 0 radical (unpaired) electrons. The van der Waals surface area contributed by atoms with Crippen LogP contribution in [0.15, 0.2) is 4.99 Å². The first-order valence-corrected chi connectivity index (χ1v) is 6.44. The zero-order valence-electron chi connectivity index (χ0n) is 11.6. The van der Waals surface area contributed by atoms with Crippen LogP contribution in [-0.2, 0) is 4.74 Å². The van der Waals surface area contributed by atoms with Gasteiger partial charge in [0.15, 0.2) is 0 Å². The third-order valence-corrected chi connectivity index (χ3v) is 2.77. The van der Waals surface area contributed by atoms with Crippen LogP contribution in [0.5, 0.6) is 0 Å². The lowest BCUT2D eigenvalue weighted by atomic mass is 9.99. The number of hydrogen-bond acceptors (Lipinski definition) is 3. The molecule has 17 heavy (non-hydrogen) atoms. The maximum atomic E-state index is 5.40. The van der Waals surface area contributed by atoms with Crippen LogP contribution in [0.1, 0.15) is 34.1 Å². The fourth-order valence-electron chi connectivity index (χ4n) is 1.12. The molecule has 102 valence electrons. The summed E-state index contributed by atoms with van der Waals surface area (Å²) in [6.07, 6.45) is 0.953. The van der Waals surface area contributed by atoms with E-state index in [2.05, 4.69) is 36.5 Å². The van der Waals surface area contributed by atoms with Crippen molar-refractivity contribution in [3.05, 3.63) is 0 Å². The van der Waals surface area contributed by atoms with E-state index in [0.29, 0.717) is 17.8 Å². The van der Waals surface area contributed by atoms with Crippen molar-refractivity contribution in [2.75, 3.05) is 26.3 Å². The van der Waals surface area contributed by atoms with Gasteiger partial charge in [-0.1, -0.05) is 20.8 Å². The normalized spacial score (nSPS) is 13.9. The van der Waals surface area contributed by atoms with E-state index in [1.54, 1.807) is 0 Å². The van der Waals surface area contributed by atoms with Gasteiger partial charge >= 0.3 is 0 Å². The molecule has 0 bridgehead atoms. The van der Waals surface area contributed by atoms with Gasteiger partial charge in [-0.2, -0.15) is 0 Å². The van der Waals surface area contributed by atoms with Crippen molar-refractivity contribution in [3.8, 4) is 0 Å². The molecule has 1 atom stereocenters. The summed E-state index contributed by atoms with van der Waals surface area (Å²) in [4.78, 5) is 4.41. The molecule has 0 saturated carbocycles. The van der Waals surface area contributed by atoms with E-state index in [1.807, 2.05) is 6.92 Å². The van der Waals surface area contributed by atoms with Crippen molar-refractivity contribution < 1.29 is 4.74 Å². The Morgan fingerprint density at radius 3 is 2.59 bits per heavy atom. The van der Waals surface area contributed by atoms with Crippen molar-refractivity contribution in [1.82, 2.24) is 10.7 Å². The molecule has 0 saturated heterocycles. The summed E-state index contributed by atoms with van der Waals surface area (Å²) in [7, 11) is 0. The number of ether oxygens (including phenoxy) is 1. The van der Waals surface area contributed by atoms with E-state index >= 15 is 0 Å². The molecule has 0 aliphatic rings. The van der Waals surface area contributed by atoms with Crippen LogP contribution in [0, 0.1) is 11.8 Å². The Kier molecular flexibility index (Phi) is 9.86. The van der Waals surface area contributed by atoms with E-state index in [4.69, 9.17) is 10.6 Å². The molecule has 5 heteroatoms. The van der Waals surface area contributed by atoms with Gasteiger partial charge in [-0.15, -0.1) is 0 Å². The van der Waals surface area contributed by atoms with Crippen molar-refractivity contribution in [2.45, 2.75) is 34.1 Å². The molecule has 0 aromatic carbocycles. The molecule has 0 heterocycles. The fourth-order valence-corrected chi connectivity index (χ4v) is 1.12. The van der Waals surface area contributed by atoms with E-state index in [-0.39, 0.29) is 0 Å². The topological polar surface area (TPSA) is 71.7 Å². The Morgan fingerprint density at radius 1 is 1.35 bits per heavy atom. The van der Waals surface area contributed by atoms with E-state index in [1.165, 1.54) is 0 Å². The fraction of sp³-hybridized carbons (Fsp3) is 0.917. The number of hydrogen-bond donors (Lipinski definition) is 3. The number of guanidine groups is 1. The van der Waals surface area contributed by atoms with Gasteiger partial charge in [-0.05, 0) is 25.2 Å². The number of aliphatic imine (C=N–C) groups is 1. The van der Waals surface area contributed by atoms with Crippen LogP contribution in [0.2, 0.25) is 0 Å². The first-order valence-electron chi connectivity index (χ1n) is 6.44. The SMILES string of the molecule is CCOCCCNC(=NCC(C)C(C)C)NN. The molecule has 0 aromatic rings. The zero-order valence-corrected chi connectivity index (χ0v) is 11.6. The second-order valence-corrected chi connectivity index (χ2v) is 4.53. The Morgan fingerprint density at radius 2 is 2.06 bits per heavy atom. The highest BCUT2D eigenvalue weighted by atomic mass is 16.5. The summed E-state index contributed by atoms with van der Waals surface area (Å²) in [5.74, 6) is 7.26. The van der Waals surface area contributed by atoms with Gasteiger partial charge in [0.25, 0.3) is 0 Å². The molecule has 5 nitrogen and oxygen atoms in total.